The highest BCUT2D eigenvalue weighted by atomic mass is 17.1. The molecule has 0 heterocycles. The predicted octanol–water partition coefficient (Wildman–Crippen LogP) is 3.42. The van der Waals surface area contributed by atoms with Crippen LogP contribution in [0.5, 0.6) is 0 Å². The predicted molar refractivity (Wildman–Crippen MR) is 57.4 cm³/mol. The van der Waals surface area contributed by atoms with Gasteiger partial charge in [-0.3, -0.25) is 5.26 Å². The van der Waals surface area contributed by atoms with E-state index in [1.54, 1.807) is 0 Å². The number of hydrogen-bond acceptors (Lipinski definition) is 2. The normalized spacial score (nSPS) is 11.0. The van der Waals surface area contributed by atoms with Crippen molar-refractivity contribution in [2.45, 2.75) is 40.2 Å². The Hall–Kier alpha value is -0.860. The summed E-state index contributed by atoms with van der Waals surface area (Å²) in [5.41, 5.74) is 4.93. The van der Waals surface area contributed by atoms with E-state index in [1.807, 2.05) is 6.07 Å². The van der Waals surface area contributed by atoms with Crippen molar-refractivity contribution in [2.75, 3.05) is 0 Å². The zero-order chi connectivity index (χ0) is 10.7. The maximum Gasteiger partial charge on any atom is 0.107 e. The van der Waals surface area contributed by atoms with Crippen LogP contribution < -0.4 is 0 Å². The highest BCUT2D eigenvalue weighted by Gasteiger charge is 2.08. The summed E-state index contributed by atoms with van der Waals surface area (Å²) in [6.07, 6.45) is 0. The molecule has 1 N–H and O–H groups in total. The summed E-state index contributed by atoms with van der Waals surface area (Å²) >= 11 is 0. The summed E-state index contributed by atoms with van der Waals surface area (Å²) < 4.78 is 0. The quantitative estimate of drug-likeness (QED) is 0.590. The molecule has 0 fully saturated rings. The van der Waals surface area contributed by atoms with Gasteiger partial charge >= 0.3 is 0 Å². The molecular weight excluding hydrogens is 176 g/mol. The summed E-state index contributed by atoms with van der Waals surface area (Å²) in [5, 5.41) is 8.41. The summed E-state index contributed by atoms with van der Waals surface area (Å²) in [4.78, 5) is 4.16. The Morgan fingerprint density at radius 2 is 1.86 bits per heavy atom. The molecule has 0 saturated heterocycles. The maximum atomic E-state index is 8.41. The van der Waals surface area contributed by atoms with Gasteiger partial charge in [-0.05, 0) is 42.0 Å². The first kappa shape index (κ1) is 11.2. The zero-order valence-corrected chi connectivity index (χ0v) is 9.29. The molecule has 0 bridgehead atoms. The average molecular weight is 194 g/mol. The third-order valence-electron chi connectivity index (χ3n) is 2.78. The summed E-state index contributed by atoms with van der Waals surface area (Å²) in [6.45, 7) is 8.82. The Labute approximate surface area is 85.5 Å². The van der Waals surface area contributed by atoms with Crippen molar-refractivity contribution < 1.29 is 10.1 Å². The van der Waals surface area contributed by atoms with Gasteiger partial charge in [0.2, 0.25) is 0 Å². The second-order valence-electron chi connectivity index (χ2n) is 3.99. The molecule has 14 heavy (non-hydrogen) atoms. The van der Waals surface area contributed by atoms with E-state index in [-0.39, 0.29) is 6.61 Å². The van der Waals surface area contributed by atoms with Crippen LogP contribution >= 0.6 is 0 Å². The van der Waals surface area contributed by atoms with Crippen LogP contribution in [0.2, 0.25) is 0 Å². The molecule has 0 atom stereocenters. The second kappa shape index (κ2) is 4.58. The maximum absolute atomic E-state index is 8.41. The lowest BCUT2D eigenvalue weighted by Gasteiger charge is -2.14. The summed E-state index contributed by atoms with van der Waals surface area (Å²) in [5.74, 6) is 0.540. The fourth-order valence-corrected chi connectivity index (χ4v) is 1.75. The molecule has 0 aromatic heterocycles. The molecule has 0 radical (unpaired) electrons. The molecule has 2 nitrogen and oxygen atoms in total. The lowest BCUT2D eigenvalue weighted by Crippen LogP contribution is -2.00. The first-order valence-electron chi connectivity index (χ1n) is 4.93. The third-order valence-corrected chi connectivity index (χ3v) is 2.78. The summed E-state index contributed by atoms with van der Waals surface area (Å²) in [6, 6.07) is 4.13. The molecule has 78 valence electrons. The Balaban J connectivity index is 3.12. The minimum Gasteiger partial charge on any atom is -0.251 e. The lowest BCUT2D eigenvalue weighted by atomic mass is 9.92. The first-order chi connectivity index (χ1) is 6.57. The van der Waals surface area contributed by atoms with Gasteiger partial charge in [-0.25, -0.2) is 4.89 Å². The van der Waals surface area contributed by atoms with Crippen molar-refractivity contribution in [3.8, 4) is 0 Å². The van der Waals surface area contributed by atoms with E-state index < -0.39 is 0 Å². The van der Waals surface area contributed by atoms with Crippen molar-refractivity contribution in [1.29, 1.82) is 0 Å². The van der Waals surface area contributed by atoms with Crippen LogP contribution in [0.3, 0.4) is 0 Å². The minimum absolute atomic E-state index is 0.269. The van der Waals surface area contributed by atoms with Gasteiger partial charge in [0.05, 0.1) is 0 Å². The van der Waals surface area contributed by atoms with Crippen molar-refractivity contribution in [2.24, 2.45) is 0 Å². The largest absolute Gasteiger partial charge is 0.251 e. The Kier molecular flexibility index (Phi) is 3.67. The van der Waals surface area contributed by atoms with Gasteiger partial charge in [0.15, 0.2) is 0 Å². The lowest BCUT2D eigenvalue weighted by molar-refractivity contribution is -0.253. The van der Waals surface area contributed by atoms with E-state index in [4.69, 9.17) is 5.26 Å². The number of benzene rings is 1. The van der Waals surface area contributed by atoms with Crippen molar-refractivity contribution in [3.05, 3.63) is 34.4 Å². The topological polar surface area (TPSA) is 29.5 Å². The van der Waals surface area contributed by atoms with Crippen LogP contribution in [-0.2, 0) is 11.5 Å². The number of hydrogen-bond donors (Lipinski definition) is 1. The molecule has 0 saturated carbocycles. The summed E-state index contributed by atoms with van der Waals surface area (Å²) in [7, 11) is 0. The van der Waals surface area contributed by atoms with Crippen molar-refractivity contribution >= 4 is 0 Å². The van der Waals surface area contributed by atoms with Crippen LogP contribution in [-0.4, -0.2) is 5.26 Å². The Morgan fingerprint density at radius 3 is 2.36 bits per heavy atom. The smallest absolute Gasteiger partial charge is 0.107 e. The molecule has 0 aliphatic carbocycles. The van der Waals surface area contributed by atoms with E-state index >= 15 is 0 Å². The zero-order valence-electron chi connectivity index (χ0n) is 9.29. The Bertz CT molecular complexity index is 316. The average Bonchev–Trinajstić information content (AvgIpc) is 2.13. The van der Waals surface area contributed by atoms with E-state index in [2.05, 4.69) is 38.6 Å². The van der Waals surface area contributed by atoms with Gasteiger partial charge in [-0.1, -0.05) is 26.0 Å². The van der Waals surface area contributed by atoms with Gasteiger partial charge in [-0.15, -0.1) is 0 Å². The molecule has 1 aromatic carbocycles. The van der Waals surface area contributed by atoms with Gasteiger partial charge < -0.3 is 0 Å². The highest BCUT2D eigenvalue weighted by molar-refractivity contribution is 5.40. The van der Waals surface area contributed by atoms with Crippen LogP contribution in [0.1, 0.15) is 42.0 Å². The van der Waals surface area contributed by atoms with Crippen LogP contribution in [0.25, 0.3) is 0 Å². The molecule has 0 unspecified atom stereocenters. The molecule has 1 rings (SSSR count). The van der Waals surface area contributed by atoms with E-state index in [1.165, 1.54) is 16.7 Å². The van der Waals surface area contributed by atoms with Crippen molar-refractivity contribution in [1.82, 2.24) is 0 Å². The molecule has 0 spiro atoms. The third kappa shape index (κ3) is 2.14. The minimum atomic E-state index is 0.269. The van der Waals surface area contributed by atoms with Crippen molar-refractivity contribution in [3.63, 3.8) is 0 Å². The second-order valence-corrected chi connectivity index (χ2v) is 3.99. The van der Waals surface area contributed by atoms with Crippen LogP contribution in [0.4, 0.5) is 0 Å². The highest BCUT2D eigenvalue weighted by Crippen LogP contribution is 2.24. The van der Waals surface area contributed by atoms with E-state index in [0.29, 0.717) is 5.92 Å². The SMILES string of the molecule is Cc1c(COO)ccc(C(C)C)c1C. The molecule has 0 amide bonds. The van der Waals surface area contributed by atoms with Gasteiger partial charge in [-0.2, -0.15) is 0 Å². The Morgan fingerprint density at radius 1 is 1.21 bits per heavy atom. The first-order valence-corrected chi connectivity index (χ1v) is 4.93. The number of rotatable bonds is 3. The van der Waals surface area contributed by atoms with Gasteiger partial charge in [0, 0.05) is 0 Å². The van der Waals surface area contributed by atoms with E-state index in [0.717, 1.165) is 5.56 Å². The van der Waals surface area contributed by atoms with Crippen LogP contribution in [0, 0.1) is 13.8 Å². The van der Waals surface area contributed by atoms with Gasteiger partial charge in [0.1, 0.15) is 6.61 Å². The molecule has 2 heteroatoms. The molecular formula is C12H18O2. The molecule has 1 aromatic rings. The fraction of sp³-hybridized carbons (Fsp3) is 0.500. The fourth-order valence-electron chi connectivity index (χ4n) is 1.75. The molecule has 0 aliphatic rings. The van der Waals surface area contributed by atoms with Gasteiger partial charge in [0.25, 0.3) is 0 Å². The molecule has 0 aliphatic heterocycles. The monoisotopic (exact) mass is 194 g/mol. The van der Waals surface area contributed by atoms with E-state index in [9.17, 15) is 0 Å². The standard InChI is InChI=1S/C12H18O2/c1-8(2)12-6-5-11(7-14-13)9(3)10(12)4/h5-6,8,13H,7H2,1-4H3. The van der Waals surface area contributed by atoms with Crippen LogP contribution in [0.15, 0.2) is 12.1 Å².